The second-order valence-corrected chi connectivity index (χ2v) is 8.77. The van der Waals surface area contributed by atoms with Gasteiger partial charge in [-0.05, 0) is 36.8 Å². The van der Waals surface area contributed by atoms with Crippen LogP contribution in [0.2, 0.25) is 0 Å². The Kier molecular flexibility index (Phi) is 6.56. The summed E-state index contributed by atoms with van der Waals surface area (Å²) in [6.07, 6.45) is 1.20. The number of benzene rings is 1. The summed E-state index contributed by atoms with van der Waals surface area (Å²) in [5.74, 6) is 0. The number of anilines is 1. The Morgan fingerprint density at radius 3 is 2.58 bits per heavy atom. The topological polar surface area (TPSA) is 57.1 Å². The maximum atomic E-state index is 12.2. The third kappa shape index (κ3) is 4.66. The van der Waals surface area contributed by atoms with Crippen LogP contribution in [0.25, 0.3) is 0 Å². The highest BCUT2D eigenvalue weighted by atomic mass is 32.2. The molecular weight excluding hydrogens is 344 g/mol. The van der Waals surface area contributed by atoms with Gasteiger partial charge in [-0.2, -0.15) is 0 Å². The van der Waals surface area contributed by atoms with E-state index in [0.29, 0.717) is 10.8 Å². The van der Waals surface area contributed by atoms with Crippen LogP contribution in [0.1, 0.15) is 13.3 Å². The Morgan fingerprint density at radius 2 is 2.00 bits per heavy atom. The quantitative estimate of drug-likeness (QED) is 0.727. The van der Waals surface area contributed by atoms with Crippen molar-refractivity contribution in [2.45, 2.75) is 18.2 Å². The Bertz CT molecular complexity index is 668. The minimum atomic E-state index is -3.44. The molecule has 24 heavy (non-hydrogen) atoms. The van der Waals surface area contributed by atoms with Crippen molar-refractivity contribution in [2.75, 3.05) is 52.1 Å². The molecule has 1 aliphatic rings. The van der Waals surface area contributed by atoms with Gasteiger partial charge in [0.1, 0.15) is 0 Å². The van der Waals surface area contributed by atoms with E-state index in [4.69, 9.17) is 12.2 Å². The average Bonchev–Trinajstić information content (AvgIpc) is 2.56. The Labute approximate surface area is 150 Å². The van der Waals surface area contributed by atoms with E-state index < -0.39 is 10.0 Å². The molecule has 2 rings (SSSR count). The zero-order valence-electron chi connectivity index (χ0n) is 14.6. The monoisotopic (exact) mass is 371 g/mol. The maximum absolute atomic E-state index is 12.2. The molecule has 0 unspecified atom stereocenters. The lowest BCUT2D eigenvalue weighted by atomic mass is 10.3. The van der Waals surface area contributed by atoms with E-state index in [1.165, 1.54) is 31.4 Å². The fourth-order valence-electron chi connectivity index (χ4n) is 2.78. The van der Waals surface area contributed by atoms with Crippen molar-refractivity contribution in [2.24, 2.45) is 0 Å². The number of quaternary nitrogens is 1. The molecule has 1 fully saturated rings. The Hall–Kier alpha value is -1.22. The number of hydrogen-bond donors (Lipinski definition) is 2. The summed E-state index contributed by atoms with van der Waals surface area (Å²) >= 11 is 5.49. The molecule has 1 saturated heterocycles. The Balaban J connectivity index is 2.00. The molecule has 2 N–H and O–H groups in total. The maximum Gasteiger partial charge on any atom is 0.242 e. The minimum Gasteiger partial charge on any atom is -0.338 e. The fraction of sp³-hybridized carbons (Fsp3) is 0.562. The molecule has 1 aliphatic heterocycles. The smallest absolute Gasteiger partial charge is 0.242 e. The van der Waals surface area contributed by atoms with E-state index >= 15 is 0 Å². The second kappa shape index (κ2) is 8.24. The molecule has 0 bridgehead atoms. The number of thiocarbonyl (C=S) groups is 1. The van der Waals surface area contributed by atoms with Crippen LogP contribution in [0.15, 0.2) is 29.2 Å². The summed E-state index contributed by atoms with van der Waals surface area (Å²) in [5.41, 5.74) is 0.700. The lowest BCUT2D eigenvalue weighted by molar-refractivity contribution is -0.903. The number of rotatable bonds is 5. The number of hydrogen-bond acceptors (Lipinski definition) is 3. The number of nitrogens with zero attached hydrogens (tertiary/aromatic N) is 2. The molecule has 8 heteroatoms. The van der Waals surface area contributed by atoms with Crippen molar-refractivity contribution in [1.82, 2.24) is 9.21 Å². The van der Waals surface area contributed by atoms with Crippen LogP contribution >= 0.6 is 12.2 Å². The molecule has 1 aromatic carbocycles. The van der Waals surface area contributed by atoms with Crippen molar-refractivity contribution in [3.8, 4) is 0 Å². The molecule has 134 valence electrons. The van der Waals surface area contributed by atoms with Gasteiger partial charge in [0.05, 0.1) is 37.6 Å². The highest BCUT2D eigenvalue weighted by Crippen LogP contribution is 2.18. The van der Waals surface area contributed by atoms with Crippen LogP contribution in [0.3, 0.4) is 0 Å². The minimum absolute atomic E-state index is 0.262. The number of nitrogens with one attached hydrogen (secondary N) is 2. The third-order valence-corrected chi connectivity index (χ3v) is 6.40. The lowest BCUT2D eigenvalue weighted by Gasteiger charge is -2.33. The number of piperazine rings is 1. The van der Waals surface area contributed by atoms with Crippen molar-refractivity contribution < 1.29 is 13.3 Å². The van der Waals surface area contributed by atoms with Gasteiger partial charge >= 0.3 is 0 Å². The summed E-state index contributed by atoms with van der Waals surface area (Å²) in [7, 11) is -0.389. The zero-order valence-corrected chi connectivity index (χ0v) is 16.2. The third-order valence-electron chi connectivity index (χ3n) is 4.23. The second-order valence-electron chi connectivity index (χ2n) is 6.23. The lowest BCUT2D eigenvalue weighted by Crippen LogP contribution is -3.14. The molecule has 0 aromatic heterocycles. The van der Waals surface area contributed by atoms with Crippen molar-refractivity contribution in [1.29, 1.82) is 0 Å². The van der Waals surface area contributed by atoms with Gasteiger partial charge in [0, 0.05) is 19.8 Å². The largest absolute Gasteiger partial charge is 0.338 e. The van der Waals surface area contributed by atoms with Gasteiger partial charge < -0.3 is 15.1 Å². The molecule has 1 heterocycles. The highest BCUT2D eigenvalue weighted by Gasteiger charge is 2.22. The van der Waals surface area contributed by atoms with Gasteiger partial charge in [-0.3, -0.25) is 0 Å². The van der Waals surface area contributed by atoms with Crippen LogP contribution in [0, 0.1) is 0 Å². The molecule has 0 radical (unpaired) electrons. The molecule has 0 saturated carbocycles. The van der Waals surface area contributed by atoms with Crippen molar-refractivity contribution >= 4 is 33.0 Å². The zero-order chi connectivity index (χ0) is 17.7. The first-order valence-electron chi connectivity index (χ1n) is 8.26. The predicted octanol–water partition coefficient (Wildman–Crippen LogP) is 0.244. The van der Waals surface area contributed by atoms with E-state index in [0.717, 1.165) is 26.2 Å². The van der Waals surface area contributed by atoms with Gasteiger partial charge in [0.2, 0.25) is 10.0 Å². The summed E-state index contributed by atoms with van der Waals surface area (Å²) in [6.45, 7) is 7.45. The normalized spacial score (nSPS) is 16.4. The SMILES string of the molecule is CCC[NH+]1CCN(C(=S)Nc2cccc(S(=O)(=O)N(C)C)c2)CC1. The first-order valence-corrected chi connectivity index (χ1v) is 10.1. The average molecular weight is 372 g/mol. The summed E-state index contributed by atoms with van der Waals surface area (Å²) in [4.78, 5) is 4.04. The van der Waals surface area contributed by atoms with Gasteiger partial charge in [-0.25, -0.2) is 12.7 Å². The molecule has 1 aromatic rings. The van der Waals surface area contributed by atoms with Crippen LogP contribution in [0.4, 0.5) is 5.69 Å². The summed E-state index contributed by atoms with van der Waals surface area (Å²) in [6, 6.07) is 6.78. The highest BCUT2D eigenvalue weighted by molar-refractivity contribution is 7.89. The summed E-state index contributed by atoms with van der Waals surface area (Å²) in [5, 5.41) is 3.83. The van der Waals surface area contributed by atoms with E-state index in [1.54, 1.807) is 23.1 Å². The molecule has 0 amide bonds. The number of sulfonamides is 1. The van der Waals surface area contributed by atoms with Crippen LogP contribution in [-0.4, -0.2) is 69.6 Å². The van der Waals surface area contributed by atoms with Crippen molar-refractivity contribution in [3.63, 3.8) is 0 Å². The van der Waals surface area contributed by atoms with E-state index in [-0.39, 0.29) is 4.90 Å². The Morgan fingerprint density at radius 1 is 1.33 bits per heavy atom. The van der Waals surface area contributed by atoms with Gasteiger partial charge in [-0.1, -0.05) is 13.0 Å². The van der Waals surface area contributed by atoms with E-state index in [9.17, 15) is 8.42 Å². The van der Waals surface area contributed by atoms with Crippen LogP contribution in [-0.2, 0) is 10.0 Å². The molecule has 0 atom stereocenters. The molecule has 6 nitrogen and oxygen atoms in total. The van der Waals surface area contributed by atoms with Crippen LogP contribution < -0.4 is 10.2 Å². The first-order chi connectivity index (χ1) is 11.3. The van der Waals surface area contributed by atoms with Crippen molar-refractivity contribution in [3.05, 3.63) is 24.3 Å². The predicted molar refractivity (Wildman–Crippen MR) is 101 cm³/mol. The van der Waals surface area contributed by atoms with Gasteiger partial charge in [0.15, 0.2) is 5.11 Å². The van der Waals surface area contributed by atoms with E-state index in [1.807, 2.05) is 6.07 Å². The van der Waals surface area contributed by atoms with E-state index in [2.05, 4.69) is 17.1 Å². The van der Waals surface area contributed by atoms with Crippen LogP contribution in [0.5, 0.6) is 0 Å². The molecular formula is C16H27N4O2S2+. The standard InChI is InChI=1S/C16H26N4O2S2/c1-4-8-19-9-11-20(12-10-19)16(23)17-14-6-5-7-15(13-14)24(21,22)18(2)3/h5-7,13H,4,8-12H2,1-3H3,(H,17,23)/p+1. The first kappa shape index (κ1) is 19.1. The molecule has 0 aliphatic carbocycles. The van der Waals surface area contributed by atoms with Gasteiger partial charge in [0.25, 0.3) is 0 Å². The fourth-order valence-corrected chi connectivity index (χ4v) is 4.03. The van der Waals surface area contributed by atoms with Gasteiger partial charge in [-0.15, -0.1) is 0 Å². The summed E-state index contributed by atoms with van der Waals surface area (Å²) < 4.78 is 25.7. The molecule has 0 spiro atoms.